The molecule has 2 atom stereocenters. The first-order chi connectivity index (χ1) is 8.56. The lowest BCUT2D eigenvalue weighted by molar-refractivity contribution is 0.0520. The van der Waals surface area contributed by atoms with Gasteiger partial charge in [-0.1, -0.05) is 0 Å². The number of hydrogen-bond acceptors (Lipinski definition) is 3. The van der Waals surface area contributed by atoms with Crippen molar-refractivity contribution in [2.24, 2.45) is 0 Å². The third-order valence-electron chi connectivity index (χ3n) is 3.12. The number of pyridine rings is 1. The zero-order valence-corrected chi connectivity index (χ0v) is 10.1. The van der Waals surface area contributed by atoms with E-state index < -0.39 is 6.09 Å². The van der Waals surface area contributed by atoms with Gasteiger partial charge < -0.3 is 19.7 Å². The van der Waals surface area contributed by atoms with E-state index in [1.165, 1.54) is 23.2 Å². The number of piperidine rings is 1. The number of aromatic amines is 1. The van der Waals surface area contributed by atoms with Gasteiger partial charge in [0.15, 0.2) is 11.3 Å². The van der Waals surface area contributed by atoms with Gasteiger partial charge >= 0.3 is 6.09 Å². The van der Waals surface area contributed by atoms with E-state index in [1.54, 1.807) is 0 Å². The number of H-pyrrole nitrogens is 1. The number of nitrogens with zero attached hydrogens (tertiary/aromatic N) is 1. The molecule has 2 heterocycles. The molecule has 2 N–H and O–H groups in total. The molecule has 1 fully saturated rings. The fraction of sp³-hybridized carbons (Fsp3) is 0.500. The Hall–Kier alpha value is -1.98. The second-order valence-electron chi connectivity index (χ2n) is 4.49. The van der Waals surface area contributed by atoms with Gasteiger partial charge in [0.2, 0.25) is 0 Å². The lowest BCUT2D eigenvalue weighted by Gasteiger charge is -2.35. The first-order valence-electron chi connectivity index (χ1n) is 5.91. The van der Waals surface area contributed by atoms with Crippen LogP contribution in [0.25, 0.3) is 0 Å². The Labute approximate surface area is 104 Å². The highest BCUT2D eigenvalue weighted by Crippen LogP contribution is 2.20. The molecule has 2 rings (SSSR count). The van der Waals surface area contributed by atoms with Gasteiger partial charge in [-0.25, -0.2) is 4.79 Å². The van der Waals surface area contributed by atoms with Crippen molar-refractivity contribution >= 4 is 6.09 Å². The minimum atomic E-state index is -0.933. The second kappa shape index (κ2) is 5.12. The number of likely N-dealkylation sites (tertiary alicyclic amines) is 1. The molecule has 2 unspecified atom stereocenters. The Morgan fingerprint density at radius 3 is 3.00 bits per heavy atom. The molecule has 1 aliphatic rings. The number of hydrogen-bond donors (Lipinski definition) is 2. The van der Waals surface area contributed by atoms with Gasteiger partial charge in [-0.2, -0.15) is 0 Å². The molecule has 98 valence electrons. The highest BCUT2D eigenvalue weighted by molar-refractivity contribution is 5.65. The molecule has 0 bridgehead atoms. The number of carbonyl (C=O) groups is 1. The summed E-state index contributed by atoms with van der Waals surface area (Å²) in [6, 6.07) is 2.78. The zero-order chi connectivity index (χ0) is 13.1. The predicted octanol–water partition coefficient (Wildman–Crippen LogP) is 1.28. The molecule has 1 aliphatic heterocycles. The lowest BCUT2D eigenvalue weighted by Crippen LogP contribution is -2.48. The fourth-order valence-electron chi connectivity index (χ4n) is 2.11. The number of aromatic nitrogens is 1. The van der Waals surface area contributed by atoms with Crippen molar-refractivity contribution in [3.8, 4) is 5.88 Å². The van der Waals surface area contributed by atoms with Crippen LogP contribution in [0.15, 0.2) is 23.1 Å². The summed E-state index contributed by atoms with van der Waals surface area (Å²) < 4.78 is 5.60. The molecule has 1 aromatic rings. The van der Waals surface area contributed by atoms with Crippen molar-refractivity contribution in [1.29, 1.82) is 0 Å². The van der Waals surface area contributed by atoms with Crippen LogP contribution in [0.4, 0.5) is 4.79 Å². The van der Waals surface area contributed by atoms with Gasteiger partial charge in [-0.15, -0.1) is 0 Å². The van der Waals surface area contributed by atoms with Gasteiger partial charge in [0.05, 0.1) is 6.54 Å². The van der Waals surface area contributed by atoms with E-state index in [2.05, 4.69) is 4.98 Å². The summed E-state index contributed by atoms with van der Waals surface area (Å²) in [6.45, 7) is 2.21. The molecule has 0 saturated carbocycles. The van der Waals surface area contributed by atoms with E-state index in [-0.39, 0.29) is 17.6 Å². The standard InChI is InChI=1S/C12H16N2O4/c1-8-2-3-10(7-14(8)12(16)17)18-11-6-9(15)4-5-13-11/h4-6,8,10H,2-3,7H2,1H3,(H,13,15)(H,16,17). The van der Waals surface area contributed by atoms with E-state index in [1.807, 2.05) is 6.92 Å². The quantitative estimate of drug-likeness (QED) is 0.830. The van der Waals surface area contributed by atoms with Crippen LogP contribution in [-0.4, -0.2) is 39.8 Å². The fourth-order valence-corrected chi connectivity index (χ4v) is 2.11. The molecule has 0 aromatic carbocycles. The van der Waals surface area contributed by atoms with Crippen LogP contribution in [0.2, 0.25) is 0 Å². The van der Waals surface area contributed by atoms with Gasteiger partial charge in [0.1, 0.15) is 6.10 Å². The summed E-state index contributed by atoms with van der Waals surface area (Å²) in [7, 11) is 0. The largest absolute Gasteiger partial charge is 0.474 e. The molecule has 6 nitrogen and oxygen atoms in total. The number of amides is 1. The summed E-state index contributed by atoms with van der Waals surface area (Å²) in [5, 5.41) is 9.05. The number of nitrogens with one attached hydrogen (secondary N) is 1. The number of ether oxygens (including phenoxy) is 1. The Morgan fingerprint density at radius 2 is 2.33 bits per heavy atom. The topological polar surface area (TPSA) is 82.6 Å². The predicted molar refractivity (Wildman–Crippen MR) is 64.9 cm³/mol. The SMILES string of the molecule is CC1CCC(Oc2cc(=O)cc[nH]2)CN1C(=O)O. The van der Waals surface area contributed by atoms with E-state index in [0.717, 1.165) is 12.8 Å². The zero-order valence-electron chi connectivity index (χ0n) is 10.1. The maximum atomic E-state index is 11.2. The van der Waals surface area contributed by atoms with Gasteiger partial charge in [-0.3, -0.25) is 4.79 Å². The highest BCUT2D eigenvalue weighted by Gasteiger charge is 2.29. The minimum Gasteiger partial charge on any atom is -0.474 e. The maximum absolute atomic E-state index is 11.2. The van der Waals surface area contributed by atoms with E-state index >= 15 is 0 Å². The smallest absolute Gasteiger partial charge is 0.407 e. The average Bonchev–Trinajstić information content (AvgIpc) is 2.31. The third-order valence-corrected chi connectivity index (χ3v) is 3.12. The van der Waals surface area contributed by atoms with Crippen molar-refractivity contribution in [2.75, 3.05) is 6.54 Å². The Balaban J connectivity index is 2.02. The first-order valence-corrected chi connectivity index (χ1v) is 5.91. The summed E-state index contributed by atoms with van der Waals surface area (Å²) in [5.41, 5.74) is -0.136. The van der Waals surface area contributed by atoms with Crippen LogP contribution in [0.3, 0.4) is 0 Å². The van der Waals surface area contributed by atoms with Crippen LogP contribution in [-0.2, 0) is 0 Å². The Kier molecular flexibility index (Phi) is 3.55. The van der Waals surface area contributed by atoms with Crippen molar-refractivity contribution in [1.82, 2.24) is 9.88 Å². The van der Waals surface area contributed by atoms with Crippen molar-refractivity contribution in [2.45, 2.75) is 31.9 Å². The van der Waals surface area contributed by atoms with E-state index in [4.69, 9.17) is 9.84 Å². The van der Waals surface area contributed by atoms with Crippen LogP contribution in [0.1, 0.15) is 19.8 Å². The van der Waals surface area contributed by atoms with Crippen LogP contribution < -0.4 is 10.2 Å². The molecule has 0 spiro atoms. The van der Waals surface area contributed by atoms with Gasteiger partial charge in [-0.05, 0) is 19.8 Å². The molecule has 18 heavy (non-hydrogen) atoms. The highest BCUT2D eigenvalue weighted by atomic mass is 16.5. The molecule has 6 heteroatoms. The molecule has 1 aromatic heterocycles. The van der Waals surface area contributed by atoms with Crippen LogP contribution in [0.5, 0.6) is 5.88 Å². The lowest BCUT2D eigenvalue weighted by atomic mass is 10.0. The second-order valence-corrected chi connectivity index (χ2v) is 4.49. The maximum Gasteiger partial charge on any atom is 0.407 e. The summed E-state index contributed by atoms with van der Waals surface area (Å²) in [6.07, 6.45) is 1.90. The van der Waals surface area contributed by atoms with E-state index in [0.29, 0.717) is 12.4 Å². The summed E-state index contributed by atoms with van der Waals surface area (Å²) in [5.74, 6) is 0.382. The number of carboxylic acid groups (broad SMARTS) is 1. The monoisotopic (exact) mass is 252 g/mol. The molecular weight excluding hydrogens is 236 g/mol. The first kappa shape index (κ1) is 12.5. The van der Waals surface area contributed by atoms with Gasteiger partial charge in [0, 0.05) is 24.4 Å². The molecule has 0 aliphatic carbocycles. The molecule has 1 amide bonds. The minimum absolute atomic E-state index is 0.0113. The normalized spacial score (nSPS) is 23.7. The Bertz CT molecular complexity index is 485. The average molecular weight is 252 g/mol. The summed E-state index contributed by atoms with van der Waals surface area (Å²) >= 11 is 0. The van der Waals surface area contributed by atoms with Crippen molar-refractivity contribution in [3.63, 3.8) is 0 Å². The molecular formula is C12H16N2O4. The summed E-state index contributed by atoms with van der Waals surface area (Å²) in [4.78, 5) is 26.4. The molecule has 1 saturated heterocycles. The van der Waals surface area contributed by atoms with Crippen molar-refractivity contribution in [3.05, 3.63) is 28.6 Å². The third kappa shape index (κ3) is 2.82. The number of rotatable bonds is 2. The van der Waals surface area contributed by atoms with Crippen LogP contribution >= 0.6 is 0 Å². The Morgan fingerprint density at radius 1 is 1.56 bits per heavy atom. The molecule has 0 radical (unpaired) electrons. The van der Waals surface area contributed by atoms with Gasteiger partial charge in [0.25, 0.3) is 0 Å². The van der Waals surface area contributed by atoms with Crippen LogP contribution in [0, 0.1) is 0 Å². The van der Waals surface area contributed by atoms with Crippen molar-refractivity contribution < 1.29 is 14.6 Å². The van der Waals surface area contributed by atoms with E-state index in [9.17, 15) is 9.59 Å².